The fourth-order valence-electron chi connectivity index (χ4n) is 2.32. The van der Waals surface area contributed by atoms with Gasteiger partial charge >= 0.3 is 0 Å². The maximum atomic E-state index is 12.6. The van der Waals surface area contributed by atoms with Crippen molar-refractivity contribution in [1.29, 1.82) is 0 Å². The van der Waals surface area contributed by atoms with E-state index < -0.39 is 10.0 Å². The van der Waals surface area contributed by atoms with Crippen molar-refractivity contribution in [3.05, 3.63) is 65.2 Å². The van der Waals surface area contributed by atoms with Gasteiger partial charge in [0, 0.05) is 19.7 Å². The molecule has 0 radical (unpaired) electrons. The number of benzene rings is 2. The summed E-state index contributed by atoms with van der Waals surface area (Å²) in [6.07, 6.45) is 0. The van der Waals surface area contributed by atoms with Gasteiger partial charge in [-0.15, -0.1) is 0 Å². The summed E-state index contributed by atoms with van der Waals surface area (Å²) in [5, 5.41) is 2.91. The zero-order valence-electron chi connectivity index (χ0n) is 14.3. The van der Waals surface area contributed by atoms with Gasteiger partial charge in [-0.05, 0) is 37.1 Å². The quantitative estimate of drug-likeness (QED) is 0.905. The van der Waals surface area contributed by atoms with Crippen LogP contribution >= 0.6 is 0 Å². The van der Waals surface area contributed by atoms with Crippen LogP contribution in [0.3, 0.4) is 0 Å². The highest BCUT2D eigenvalue weighted by molar-refractivity contribution is 7.89. The summed E-state index contributed by atoms with van der Waals surface area (Å²) >= 11 is 0. The summed E-state index contributed by atoms with van der Waals surface area (Å²) in [5.74, 6) is -0.292. The van der Waals surface area contributed by atoms with Gasteiger partial charge in [-0.2, -0.15) is 0 Å². The fourth-order valence-corrected chi connectivity index (χ4v) is 3.24. The molecule has 24 heavy (non-hydrogen) atoms. The molecule has 0 aliphatic rings. The molecule has 1 N–H and O–H groups in total. The van der Waals surface area contributed by atoms with Crippen molar-refractivity contribution < 1.29 is 13.2 Å². The summed E-state index contributed by atoms with van der Waals surface area (Å²) in [7, 11) is -0.648. The fraction of sp³-hybridized carbons (Fsp3) is 0.278. The number of carbonyl (C=O) groups is 1. The standard InChI is InChI=1S/C18H22N2O3S/c1-13-10-11-16(24(22,23)20(3)4)12-17(13)18(21)19-14(2)15-8-6-5-7-9-15/h5-12,14H,1-4H3,(H,19,21). The van der Waals surface area contributed by atoms with Gasteiger partial charge in [-0.25, -0.2) is 12.7 Å². The third kappa shape index (κ3) is 3.83. The molecule has 2 aromatic carbocycles. The van der Waals surface area contributed by atoms with Crippen LogP contribution in [0.25, 0.3) is 0 Å². The second-order valence-corrected chi connectivity index (χ2v) is 8.02. The summed E-state index contributed by atoms with van der Waals surface area (Å²) in [5.41, 5.74) is 2.08. The number of rotatable bonds is 5. The lowest BCUT2D eigenvalue weighted by atomic mass is 10.1. The Morgan fingerprint density at radius 2 is 1.71 bits per heavy atom. The van der Waals surface area contributed by atoms with Crippen molar-refractivity contribution >= 4 is 15.9 Å². The smallest absolute Gasteiger partial charge is 0.252 e. The van der Waals surface area contributed by atoms with E-state index in [0.29, 0.717) is 5.56 Å². The molecule has 0 bridgehead atoms. The molecule has 0 aliphatic heterocycles. The Kier molecular flexibility index (Phi) is 5.41. The maximum absolute atomic E-state index is 12.6. The van der Waals surface area contributed by atoms with E-state index in [4.69, 9.17) is 0 Å². The number of nitrogens with zero attached hydrogens (tertiary/aromatic N) is 1. The van der Waals surface area contributed by atoms with E-state index in [-0.39, 0.29) is 16.8 Å². The van der Waals surface area contributed by atoms with E-state index in [0.717, 1.165) is 15.4 Å². The Morgan fingerprint density at radius 1 is 1.08 bits per heavy atom. The number of hydrogen-bond acceptors (Lipinski definition) is 3. The number of amides is 1. The first-order valence-electron chi connectivity index (χ1n) is 7.62. The number of aryl methyl sites for hydroxylation is 1. The molecule has 6 heteroatoms. The van der Waals surface area contributed by atoms with Crippen LogP contribution in [0.1, 0.15) is 34.5 Å². The highest BCUT2D eigenvalue weighted by atomic mass is 32.2. The first-order chi connectivity index (χ1) is 11.2. The Morgan fingerprint density at radius 3 is 2.29 bits per heavy atom. The molecule has 0 heterocycles. The van der Waals surface area contributed by atoms with Crippen molar-refractivity contribution in [2.24, 2.45) is 0 Å². The third-order valence-corrected chi connectivity index (χ3v) is 5.69. The number of carbonyl (C=O) groups excluding carboxylic acids is 1. The average Bonchev–Trinajstić information content (AvgIpc) is 2.55. The highest BCUT2D eigenvalue weighted by Gasteiger charge is 2.21. The maximum Gasteiger partial charge on any atom is 0.252 e. The summed E-state index contributed by atoms with van der Waals surface area (Å²) < 4.78 is 25.6. The molecule has 0 aromatic heterocycles. The molecule has 0 spiro atoms. The molecule has 5 nitrogen and oxygen atoms in total. The van der Waals surface area contributed by atoms with Crippen molar-refractivity contribution in [3.8, 4) is 0 Å². The molecule has 1 unspecified atom stereocenters. The third-order valence-electron chi connectivity index (χ3n) is 3.88. The molecule has 1 amide bonds. The van der Waals surface area contributed by atoms with E-state index in [9.17, 15) is 13.2 Å². The van der Waals surface area contributed by atoms with Crippen LogP contribution in [0.5, 0.6) is 0 Å². The Balaban J connectivity index is 2.30. The first-order valence-corrected chi connectivity index (χ1v) is 9.06. The molecule has 0 aliphatic carbocycles. The predicted octanol–water partition coefficient (Wildman–Crippen LogP) is 2.74. The van der Waals surface area contributed by atoms with Crippen LogP contribution in [0.4, 0.5) is 0 Å². The van der Waals surface area contributed by atoms with Gasteiger partial charge < -0.3 is 5.32 Å². The van der Waals surface area contributed by atoms with Gasteiger partial charge in [-0.3, -0.25) is 4.79 Å². The van der Waals surface area contributed by atoms with Gasteiger partial charge in [0.15, 0.2) is 0 Å². The lowest BCUT2D eigenvalue weighted by Gasteiger charge is -2.17. The SMILES string of the molecule is Cc1ccc(S(=O)(=O)N(C)C)cc1C(=O)NC(C)c1ccccc1. The normalized spacial score (nSPS) is 12.9. The van der Waals surface area contributed by atoms with E-state index in [1.54, 1.807) is 13.0 Å². The van der Waals surface area contributed by atoms with E-state index in [1.807, 2.05) is 37.3 Å². The average molecular weight is 346 g/mol. The minimum absolute atomic E-state index is 0.107. The topological polar surface area (TPSA) is 66.5 Å². The van der Waals surface area contributed by atoms with Crippen LogP contribution in [0.15, 0.2) is 53.4 Å². The van der Waals surface area contributed by atoms with Crippen molar-refractivity contribution in [2.75, 3.05) is 14.1 Å². The monoisotopic (exact) mass is 346 g/mol. The van der Waals surface area contributed by atoms with Crippen molar-refractivity contribution in [3.63, 3.8) is 0 Å². The molecular formula is C18H22N2O3S. The summed E-state index contributed by atoms with van der Waals surface area (Å²) in [6.45, 7) is 3.68. The molecule has 0 saturated heterocycles. The molecule has 0 fully saturated rings. The highest BCUT2D eigenvalue weighted by Crippen LogP contribution is 2.19. The minimum Gasteiger partial charge on any atom is -0.346 e. The first kappa shape index (κ1) is 18.2. The number of sulfonamides is 1. The minimum atomic E-state index is -3.58. The summed E-state index contributed by atoms with van der Waals surface area (Å²) in [4.78, 5) is 12.7. The zero-order valence-corrected chi connectivity index (χ0v) is 15.1. The van der Waals surface area contributed by atoms with Crippen LogP contribution in [0.2, 0.25) is 0 Å². The van der Waals surface area contributed by atoms with E-state index in [2.05, 4.69) is 5.32 Å². The van der Waals surface area contributed by atoms with E-state index >= 15 is 0 Å². The van der Waals surface area contributed by atoms with Crippen LogP contribution in [-0.2, 0) is 10.0 Å². The van der Waals surface area contributed by atoms with E-state index in [1.165, 1.54) is 26.2 Å². The van der Waals surface area contributed by atoms with Gasteiger partial charge in [-0.1, -0.05) is 36.4 Å². The lowest BCUT2D eigenvalue weighted by Crippen LogP contribution is -2.28. The number of nitrogens with one attached hydrogen (secondary N) is 1. The van der Waals surface area contributed by atoms with Crippen molar-refractivity contribution in [1.82, 2.24) is 9.62 Å². The molecule has 0 saturated carbocycles. The van der Waals surface area contributed by atoms with Crippen LogP contribution < -0.4 is 5.32 Å². The number of hydrogen-bond donors (Lipinski definition) is 1. The Bertz CT molecular complexity index is 831. The zero-order chi connectivity index (χ0) is 17.9. The molecule has 128 valence electrons. The second kappa shape index (κ2) is 7.15. The van der Waals surface area contributed by atoms with Crippen LogP contribution in [0, 0.1) is 6.92 Å². The second-order valence-electron chi connectivity index (χ2n) is 5.87. The van der Waals surface area contributed by atoms with Crippen molar-refractivity contribution in [2.45, 2.75) is 24.8 Å². The largest absolute Gasteiger partial charge is 0.346 e. The van der Waals surface area contributed by atoms with Gasteiger partial charge in [0.25, 0.3) is 5.91 Å². The Hall–Kier alpha value is -2.18. The van der Waals surface area contributed by atoms with Gasteiger partial charge in [0.1, 0.15) is 0 Å². The van der Waals surface area contributed by atoms with Gasteiger partial charge in [0.05, 0.1) is 10.9 Å². The predicted molar refractivity (Wildman–Crippen MR) is 94.4 cm³/mol. The summed E-state index contributed by atoms with van der Waals surface area (Å²) in [6, 6.07) is 14.0. The van der Waals surface area contributed by atoms with Gasteiger partial charge in [0.2, 0.25) is 10.0 Å². The molecule has 1 atom stereocenters. The van der Waals surface area contributed by atoms with Crippen LogP contribution in [-0.4, -0.2) is 32.7 Å². The Labute approximate surface area is 143 Å². The molecular weight excluding hydrogens is 324 g/mol. The molecule has 2 aromatic rings. The molecule has 2 rings (SSSR count). The lowest BCUT2D eigenvalue weighted by molar-refractivity contribution is 0.0939.